The molecule has 0 atom stereocenters. The number of aryl methyl sites for hydroxylation is 1. The Morgan fingerprint density at radius 2 is 2.11 bits per heavy atom. The first-order valence-electron chi connectivity index (χ1n) is 6.03. The predicted octanol–water partition coefficient (Wildman–Crippen LogP) is 2.88. The van der Waals surface area contributed by atoms with Crippen LogP contribution < -0.4 is 5.73 Å². The van der Waals surface area contributed by atoms with Crippen molar-refractivity contribution >= 4 is 21.6 Å². The Bertz CT molecular complexity index is 503. The lowest BCUT2D eigenvalue weighted by atomic mass is 10.2. The van der Waals surface area contributed by atoms with E-state index in [9.17, 15) is 0 Å². The van der Waals surface area contributed by atoms with Gasteiger partial charge in [0.1, 0.15) is 0 Å². The lowest BCUT2D eigenvalue weighted by molar-refractivity contribution is 0.541. The van der Waals surface area contributed by atoms with Crippen molar-refractivity contribution in [3.63, 3.8) is 0 Å². The third-order valence-electron chi connectivity index (χ3n) is 2.68. The molecule has 1 heterocycles. The number of anilines is 1. The summed E-state index contributed by atoms with van der Waals surface area (Å²) in [6.07, 6.45) is 3.44. The summed E-state index contributed by atoms with van der Waals surface area (Å²) >= 11 is 3.43. The van der Waals surface area contributed by atoms with Crippen molar-refractivity contribution in [3.05, 3.63) is 22.7 Å². The minimum absolute atomic E-state index is 0.697. The molecule has 6 heteroatoms. The Labute approximate surface area is 115 Å². The van der Waals surface area contributed by atoms with Gasteiger partial charge in [0.05, 0.1) is 0 Å². The van der Waals surface area contributed by atoms with Crippen LogP contribution in [0, 0.1) is 0 Å². The molecule has 0 saturated carbocycles. The van der Waals surface area contributed by atoms with E-state index in [1.807, 2.05) is 22.9 Å². The Balaban J connectivity index is 2.24. The summed E-state index contributed by atoms with van der Waals surface area (Å²) in [5, 5.41) is 11.8. The molecule has 0 spiro atoms. The number of nitrogens with zero attached hydrogens (tertiary/aromatic N) is 4. The molecule has 2 aromatic rings. The number of nitrogen functional groups attached to an aromatic ring is 1. The van der Waals surface area contributed by atoms with Crippen LogP contribution >= 0.6 is 15.9 Å². The predicted molar refractivity (Wildman–Crippen MR) is 74.9 cm³/mol. The molecule has 1 aromatic heterocycles. The van der Waals surface area contributed by atoms with Crippen LogP contribution in [0.15, 0.2) is 22.7 Å². The molecule has 0 aliphatic rings. The molecule has 2 rings (SSSR count). The average Bonchev–Trinajstić information content (AvgIpc) is 2.76. The minimum Gasteiger partial charge on any atom is -0.399 e. The Kier molecular flexibility index (Phi) is 4.30. The van der Waals surface area contributed by atoms with Gasteiger partial charge in [0.2, 0.25) is 0 Å². The third kappa shape index (κ3) is 3.07. The summed E-state index contributed by atoms with van der Waals surface area (Å²) < 4.78 is 2.76. The molecule has 0 unspecified atom stereocenters. The van der Waals surface area contributed by atoms with Crippen LogP contribution in [0.3, 0.4) is 0 Å². The fraction of sp³-hybridized carbons (Fsp3) is 0.417. The summed E-state index contributed by atoms with van der Waals surface area (Å²) in [5.41, 5.74) is 7.46. The Hall–Kier alpha value is -1.43. The van der Waals surface area contributed by atoms with Gasteiger partial charge in [-0.1, -0.05) is 35.7 Å². The minimum atomic E-state index is 0.697. The lowest BCUT2D eigenvalue weighted by Crippen LogP contribution is -2.03. The molecule has 0 fully saturated rings. The van der Waals surface area contributed by atoms with Gasteiger partial charge >= 0.3 is 0 Å². The van der Waals surface area contributed by atoms with E-state index >= 15 is 0 Å². The summed E-state index contributed by atoms with van der Waals surface area (Å²) in [7, 11) is 0. The first-order chi connectivity index (χ1) is 8.70. The molecule has 1 aromatic carbocycles. The number of tetrazole rings is 1. The van der Waals surface area contributed by atoms with Gasteiger partial charge in [-0.3, -0.25) is 0 Å². The van der Waals surface area contributed by atoms with Gasteiger partial charge in [-0.2, -0.15) is 0 Å². The molecule has 2 N–H and O–H groups in total. The van der Waals surface area contributed by atoms with E-state index in [2.05, 4.69) is 38.4 Å². The molecule has 0 radical (unpaired) electrons. The quantitative estimate of drug-likeness (QED) is 0.681. The largest absolute Gasteiger partial charge is 0.399 e. The van der Waals surface area contributed by atoms with Gasteiger partial charge in [0.15, 0.2) is 5.82 Å². The van der Waals surface area contributed by atoms with Crippen LogP contribution in [-0.2, 0) is 6.54 Å². The van der Waals surface area contributed by atoms with E-state index in [4.69, 9.17) is 5.73 Å². The first-order valence-corrected chi connectivity index (χ1v) is 6.82. The summed E-state index contributed by atoms with van der Waals surface area (Å²) in [6, 6.07) is 5.71. The van der Waals surface area contributed by atoms with Gasteiger partial charge in [0.25, 0.3) is 0 Å². The number of aromatic nitrogens is 4. The number of nitrogens with two attached hydrogens (primary N) is 1. The second-order valence-corrected chi connectivity index (χ2v) is 5.12. The fourth-order valence-corrected chi connectivity index (χ4v) is 2.33. The van der Waals surface area contributed by atoms with Crippen molar-refractivity contribution in [1.82, 2.24) is 20.2 Å². The second-order valence-electron chi connectivity index (χ2n) is 4.21. The third-order valence-corrected chi connectivity index (χ3v) is 3.14. The Morgan fingerprint density at radius 3 is 2.83 bits per heavy atom. The fourth-order valence-electron chi connectivity index (χ4n) is 1.82. The van der Waals surface area contributed by atoms with Gasteiger partial charge in [-0.15, -0.1) is 5.10 Å². The molecule has 0 bridgehead atoms. The van der Waals surface area contributed by atoms with E-state index in [1.54, 1.807) is 0 Å². The van der Waals surface area contributed by atoms with E-state index in [1.165, 1.54) is 12.8 Å². The molecular weight excluding hydrogens is 294 g/mol. The maximum Gasteiger partial charge on any atom is 0.182 e. The van der Waals surface area contributed by atoms with Gasteiger partial charge in [0, 0.05) is 22.3 Å². The molecule has 0 saturated heterocycles. The molecule has 96 valence electrons. The van der Waals surface area contributed by atoms with Crippen LogP contribution in [0.5, 0.6) is 0 Å². The molecule has 18 heavy (non-hydrogen) atoms. The van der Waals surface area contributed by atoms with Crippen molar-refractivity contribution in [2.75, 3.05) is 5.73 Å². The van der Waals surface area contributed by atoms with E-state index in [-0.39, 0.29) is 0 Å². The SMILES string of the molecule is CCCCCn1nnnc1-c1cc(N)cc(Br)c1. The van der Waals surface area contributed by atoms with E-state index < -0.39 is 0 Å². The molecule has 0 amide bonds. The molecular formula is C12H16BrN5. The highest BCUT2D eigenvalue weighted by Crippen LogP contribution is 2.24. The van der Waals surface area contributed by atoms with Gasteiger partial charge < -0.3 is 5.73 Å². The molecule has 0 aliphatic heterocycles. The zero-order valence-corrected chi connectivity index (χ0v) is 11.9. The summed E-state index contributed by atoms with van der Waals surface area (Å²) in [5.74, 6) is 0.763. The van der Waals surface area contributed by atoms with Crippen LogP contribution in [0.25, 0.3) is 11.4 Å². The highest BCUT2D eigenvalue weighted by molar-refractivity contribution is 9.10. The van der Waals surface area contributed by atoms with E-state index in [0.29, 0.717) is 5.69 Å². The zero-order chi connectivity index (χ0) is 13.0. The number of hydrogen-bond donors (Lipinski definition) is 1. The first kappa shape index (κ1) is 13.0. The zero-order valence-electron chi connectivity index (χ0n) is 10.3. The van der Waals surface area contributed by atoms with Crippen molar-refractivity contribution in [2.24, 2.45) is 0 Å². The summed E-state index contributed by atoms with van der Waals surface area (Å²) in [6.45, 7) is 3.01. The summed E-state index contributed by atoms with van der Waals surface area (Å²) in [4.78, 5) is 0. The lowest BCUT2D eigenvalue weighted by Gasteiger charge is -2.05. The second kappa shape index (κ2) is 5.95. The van der Waals surface area contributed by atoms with Crippen LogP contribution in [-0.4, -0.2) is 20.2 Å². The van der Waals surface area contributed by atoms with Crippen LogP contribution in [0.2, 0.25) is 0 Å². The highest BCUT2D eigenvalue weighted by Gasteiger charge is 2.09. The van der Waals surface area contributed by atoms with Crippen molar-refractivity contribution in [2.45, 2.75) is 32.7 Å². The number of halogens is 1. The maximum absolute atomic E-state index is 5.83. The standard InChI is InChI=1S/C12H16BrN5/c1-2-3-4-5-18-12(15-16-17-18)9-6-10(13)8-11(14)7-9/h6-8H,2-5,14H2,1H3. The molecule has 0 aliphatic carbocycles. The number of rotatable bonds is 5. The Morgan fingerprint density at radius 1 is 1.28 bits per heavy atom. The van der Waals surface area contributed by atoms with E-state index in [0.717, 1.165) is 28.8 Å². The normalized spacial score (nSPS) is 10.8. The maximum atomic E-state index is 5.83. The van der Waals surface area contributed by atoms with Crippen molar-refractivity contribution in [3.8, 4) is 11.4 Å². The smallest absolute Gasteiger partial charge is 0.182 e. The number of unbranched alkanes of at least 4 members (excludes halogenated alkanes) is 2. The van der Waals surface area contributed by atoms with Crippen molar-refractivity contribution in [1.29, 1.82) is 0 Å². The average molecular weight is 310 g/mol. The topological polar surface area (TPSA) is 69.6 Å². The van der Waals surface area contributed by atoms with Crippen LogP contribution in [0.1, 0.15) is 26.2 Å². The van der Waals surface area contributed by atoms with Gasteiger partial charge in [-0.05, 0) is 35.0 Å². The van der Waals surface area contributed by atoms with Crippen molar-refractivity contribution < 1.29 is 0 Å². The van der Waals surface area contributed by atoms with Gasteiger partial charge in [-0.25, -0.2) is 4.68 Å². The number of benzene rings is 1. The monoisotopic (exact) mass is 309 g/mol. The van der Waals surface area contributed by atoms with Crippen LogP contribution in [0.4, 0.5) is 5.69 Å². The number of hydrogen-bond acceptors (Lipinski definition) is 4. The highest BCUT2D eigenvalue weighted by atomic mass is 79.9. The molecule has 5 nitrogen and oxygen atoms in total.